The van der Waals surface area contributed by atoms with Crippen molar-refractivity contribution in [2.24, 2.45) is 0 Å². The first-order valence-corrected chi connectivity index (χ1v) is 5.49. The first kappa shape index (κ1) is 12.7. The molecule has 0 radical (unpaired) electrons. The lowest BCUT2D eigenvalue weighted by Gasteiger charge is -2.07. The van der Waals surface area contributed by atoms with Crippen LogP contribution < -0.4 is 0 Å². The van der Waals surface area contributed by atoms with Crippen LogP contribution in [0, 0.1) is 0 Å². The molecule has 0 amide bonds. The van der Waals surface area contributed by atoms with E-state index in [9.17, 15) is 16.7 Å². The average molecular weight is 232 g/mol. The van der Waals surface area contributed by atoms with Gasteiger partial charge in [0.05, 0.1) is 6.61 Å². The van der Waals surface area contributed by atoms with E-state index in [0.717, 1.165) is 6.42 Å². The zero-order chi connectivity index (χ0) is 10.5. The summed E-state index contributed by atoms with van der Waals surface area (Å²) in [6.45, 7) is 1.97. The van der Waals surface area contributed by atoms with Crippen molar-refractivity contribution in [3.05, 3.63) is 0 Å². The Morgan fingerprint density at radius 1 is 1.62 bits per heavy atom. The number of ether oxygens (including phenoxy) is 1. The van der Waals surface area contributed by atoms with E-state index in [4.69, 9.17) is 0 Å². The summed E-state index contributed by atoms with van der Waals surface area (Å²) in [6.07, 6.45) is 1.40. The van der Waals surface area contributed by atoms with Gasteiger partial charge in [0.2, 0.25) is 5.05 Å². The molecule has 0 aliphatic heterocycles. The molecule has 0 aromatic carbocycles. The zero-order valence-corrected chi connectivity index (χ0v) is 8.63. The van der Waals surface area contributed by atoms with Gasteiger partial charge in [0.15, 0.2) is 0 Å². The van der Waals surface area contributed by atoms with E-state index >= 15 is 0 Å². The number of rotatable bonds is 5. The Labute approximate surface area is 81.3 Å². The van der Waals surface area contributed by atoms with Crippen molar-refractivity contribution in [1.82, 2.24) is 0 Å². The minimum atomic E-state index is -5.27. The van der Waals surface area contributed by atoms with Crippen molar-refractivity contribution in [1.29, 1.82) is 0 Å². The van der Waals surface area contributed by atoms with Crippen molar-refractivity contribution in [3.63, 3.8) is 0 Å². The van der Waals surface area contributed by atoms with Gasteiger partial charge in [-0.2, -0.15) is 8.42 Å². The highest BCUT2D eigenvalue weighted by Crippen LogP contribution is 2.09. The molecule has 78 valence electrons. The van der Waals surface area contributed by atoms with Gasteiger partial charge in [0.1, 0.15) is 0 Å². The molecule has 0 N–H and O–H groups in total. The molecule has 0 saturated heterocycles. The van der Waals surface area contributed by atoms with Crippen molar-refractivity contribution in [3.8, 4) is 0 Å². The third kappa shape index (κ3) is 5.09. The number of hydrogen-bond acceptors (Lipinski definition) is 4. The number of hydrogen-bond donors (Lipinski definition) is 0. The van der Waals surface area contributed by atoms with E-state index in [1.165, 1.54) is 0 Å². The highest BCUT2D eigenvalue weighted by atomic mass is 32.3. The highest BCUT2D eigenvalue weighted by molar-refractivity contribution is 7.90. The number of alkyl halides is 1. The molecule has 0 aliphatic rings. The summed E-state index contributed by atoms with van der Waals surface area (Å²) in [5.41, 5.74) is -2.85. The summed E-state index contributed by atoms with van der Waals surface area (Å²) < 4.78 is 49.0. The third-order valence-electron chi connectivity index (χ3n) is 1.17. The van der Waals surface area contributed by atoms with Crippen molar-refractivity contribution < 1.29 is 21.4 Å². The lowest BCUT2D eigenvalue weighted by Crippen LogP contribution is -2.23. The standard InChI is InChI=1S/C6H10F2O3S2/c1-2-3-4-11-6(12)5(7)13(8,9)10/h5H,2-4H2,1H3. The predicted molar refractivity (Wildman–Crippen MR) is 48.4 cm³/mol. The van der Waals surface area contributed by atoms with E-state index < -0.39 is 20.8 Å². The molecule has 7 heteroatoms. The summed E-state index contributed by atoms with van der Waals surface area (Å²) in [4.78, 5) is 0. The quantitative estimate of drug-likeness (QED) is 0.411. The van der Waals surface area contributed by atoms with Gasteiger partial charge >= 0.3 is 10.2 Å². The Bertz CT molecular complexity index is 263. The molecule has 0 aromatic heterocycles. The molecule has 0 fully saturated rings. The maximum absolute atomic E-state index is 12.5. The first-order chi connectivity index (χ1) is 5.89. The molecule has 0 bridgehead atoms. The number of unbranched alkanes of at least 4 members (excludes halogenated alkanes) is 1. The largest absolute Gasteiger partial charge is 0.483 e. The molecule has 0 aromatic rings. The van der Waals surface area contributed by atoms with Gasteiger partial charge in [0, 0.05) is 0 Å². The number of halogens is 2. The van der Waals surface area contributed by atoms with Crippen LogP contribution in [-0.4, -0.2) is 25.6 Å². The summed E-state index contributed by atoms with van der Waals surface area (Å²) >= 11 is 4.22. The second-order valence-corrected chi connectivity index (χ2v) is 4.08. The summed E-state index contributed by atoms with van der Waals surface area (Å²) in [5, 5.41) is -0.865. The SMILES string of the molecule is CCCCOC(=S)C(F)S(=O)(=O)F. The van der Waals surface area contributed by atoms with E-state index in [1.54, 1.807) is 0 Å². The van der Waals surface area contributed by atoms with E-state index in [1.807, 2.05) is 6.92 Å². The predicted octanol–water partition coefficient (Wildman–Crippen LogP) is 1.73. The van der Waals surface area contributed by atoms with E-state index in [2.05, 4.69) is 17.0 Å². The fourth-order valence-electron chi connectivity index (χ4n) is 0.498. The van der Waals surface area contributed by atoms with Crippen LogP contribution in [0.1, 0.15) is 19.8 Å². The third-order valence-corrected chi connectivity index (χ3v) is 2.36. The molecule has 0 spiro atoms. The van der Waals surface area contributed by atoms with Gasteiger partial charge in [-0.1, -0.05) is 13.3 Å². The highest BCUT2D eigenvalue weighted by Gasteiger charge is 2.30. The average Bonchev–Trinajstić information content (AvgIpc) is 2.01. The summed E-state index contributed by atoms with van der Waals surface area (Å²) in [7, 11) is -5.27. The Morgan fingerprint density at radius 3 is 2.54 bits per heavy atom. The van der Waals surface area contributed by atoms with Crippen LogP contribution >= 0.6 is 12.2 Å². The first-order valence-electron chi connectivity index (χ1n) is 3.63. The van der Waals surface area contributed by atoms with Crippen LogP contribution in [0.15, 0.2) is 0 Å². The van der Waals surface area contributed by atoms with Crippen LogP contribution in [0.3, 0.4) is 0 Å². The van der Waals surface area contributed by atoms with Crippen LogP contribution in [0.5, 0.6) is 0 Å². The molecule has 0 heterocycles. The lowest BCUT2D eigenvalue weighted by atomic mass is 10.4. The molecule has 0 aliphatic carbocycles. The molecule has 1 unspecified atom stereocenters. The summed E-state index contributed by atoms with van der Waals surface area (Å²) in [5.74, 6) is 0. The van der Waals surface area contributed by atoms with E-state index in [-0.39, 0.29) is 6.61 Å². The molecular formula is C6H10F2O3S2. The molecule has 0 saturated carbocycles. The molecule has 1 atom stereocenters. The number of thiocarbonyl (C=S) groups is 1. The van der Waals surface area contributed by atoms with Gasteiger partial charge in [-0.05, 0) is 18.6 Å². The van der Waals surface area contributed by atoms with Crippen molar-refractivity contribution in [2.45, 2.75) is 25.3 Å². The minimum Gasteiger partial charge on any atom is -0.483 e. The second-order valence-electron chi connectivity index (χ2n) is 2.31. The normalized spacial score (nSPS) is 13.8. The Kier molecular flexibility index (Phi) is 5.31. The smallest absolute Gasteiger partial charge is 0.343 e. The molecule has 0 rings (SSSR count). The topological polar surface area (TPSA) is 43.4 Å². The van der Waals surface area contributed by atoms with Crippen LogP contribution in [-0.2, 0) is 15.0 Å². The fourth-order valence-corrected chi connectivity index (χ4v) is 1.22. The molecular weight excluding hydrogens is 222 g/mol. The zero-order valence-electron chi connectivity index (χ0n) is 7.00. The lowest BCUT2D eigenvalue weighted by molar-refractivity contribution is 0.278. The summed E-state index contributed by atoms with van der Waals surface area (Å²) in [6, 6.07) is 0. The Hall–Kier alpha value is -0.300. The van der Waals surface area contributed by atoms with Crippen LogP contribution in [0.25, 0.3) is 0 Å². The van der Waals surface area contributed by atoms with Crippen molar-refractivity contribution in [2.75, 3.05) is 6.61 Å². The minimum absolute atomic E-state index is 0.102. The maximum Gasteiger partial charge on any atom is 0.343 e. The fraction of sp³-hybridized carbons (Fsp3) is 0.833. The van der Waals surface area contributed by atoms with Crippen LogP contribution in [0.4, 0.5) is 8.28 Å². The van der Waals surface area contributed by atoms with Gasteiger partial charge < -0.3 is 4.74 Å². The Balaban J connectivity index is 3.99. The van der Waals surface area contributed by atoms with Crippen molar-refractivity contribution >= 4 is 27.5 Å². The second kappa shape index (κ2) is 5.43. The van der Waals surface area contributed by atoms with Crippen LogP contribution in [0.2, 0.25) is 0 Å². The molecule has 3 nitrogen and oxygen atoms in total. The van der Waals surface area contributed by atoms with Gasteiger partial charge in [-0.25, -0.2) is 4.39 Å². The van der Waals surface area contributed by atoms with Gasteiger partial charge in [0.25, 0.3) is 5.50 Å². The van der Waals surface area contributed by atoms with E-state index in [0.29, 0.717) is 6.42 Å². The van der Waals surface area contributed by atoms with Gasteiger partial charge in [-0.15, -0.1) is 3.89 Å². The van der Waals surface area contributed by atoms with Gasteiger partial charge in [-0.3, -0.25) is 0 Å². The maximum atomic E-state index is 12.5. The molecule has 13 heavy (non-hydrogen) atoms. The Morgan fingerprint density at radius 2 is 2.15 bits per heavy atom. The monoisotopic (exact) mass is 232 g/mol.